The molecule has 1 aromatic carbocycles. The summed E-state index contributed by atoms with van der Waals surface area (Å²) in [6.07, 6.45) is 0. The minimum Gasteiger partial charge on any atom is -0.383 e. The van der Waals surface area contributed by atoms with Gasteiger partial charge in [0, 0.05) is 45.4 Å². The van der Waals surface area contributed by atoms with E-state index in [0.29, 0.717) is 11.7 Å². The maximum atomic E-state index is 5.41. The lowest BCUT2D eigenvalue weighted by Gasteiger charge is -2.33. The van der Waals surface area contributed by atoms with Gasteiger partial charge in [-0.1, -0.05) is 35.0 Å². The van der Waals surface area contributed by atoms with Gasteiger partial charge in [0.2, 0.25) is 11.7 Å². The van der Waals surface area contributed by atoms with Gasteiger partial charge in [-0.2, -0.15) is 4.98 Å². The van der Waals surface area contributed by atoms with Crippen LogP contribution in [-0.4, -0.2) is 66.4 Å². The third-order valence-electron chi connectivity index (χ3n) is 4.21. The molecular weight excluding hydrogens is 292 g/mol. The van der Waals surface area contributed by atoms with Gasteiger partial charge in [-0.15, -0.1) is 0 Å². The van der Waals surface area contributed by atoms with E-state index in [-0.39, 0.29) is 0 Å². The number of benzene rings is 1. The molecule has 0 aliphatic carbocycles. The van der Waals surface area contributed by atoms with Crippen LogP contribution in [0.4, 0.5) is 0 Å². The molecule has 0 atom stereocenters. The van der Waals surface area contributed by atoms with Gasteiger partial charge < -0.3 is 9.26 Å². The Morgan fingerprint density at radius 1 is 1.09 bits per heavy atom. The Hall–Kier alpha value is -1.76. The van der Waals surface area contributed by atoms with Crippen LogP contribution in [0.15, 0.2) is 28.8 Å². The molecule has 1 aliphatic heterocycles. The fourth-order valence-corrected chi connectivity index (χ4v) is 2.72. The molecule has 0 N–H and O–H groups in total. The van der Waals surface area contributed by atoms with Crippen LogP contribution in [-0.2, 0) is 11.3 Å². The smallest absolute Gasteiger partial charge is 0.241 e. The molecule has 23 heavy (non-hydrogen) atoms. The van der Waals surface area contributed by atoms with Crippen molar-refractivity contribution in [3.05, 3.63) is 35.7 Å². The van der Waals surface area contributed by atoms with E-state index in [1.807, 2.05) is 12.1 Å². The van der Waals surface area contributed by atoms with Gasteiger partial charge in [0.25, 0.3) is 0 Å². The maximum Gasteiger partial charge on any atom is 0.241 e. The first-order valence-electron chi connectivity index (χ1n) is 8.08. The van der Waals surface area contributed by atoms with E-state index in [1.165, 1.54) is 5.56 Å². The summed E-state index contributed by atoms with van der Waals surface area (Å²) >= 11 is 0. The highest BCUT2D eigenvalue weighted by molar-refractivity contribution is 5.54. The summed E-state index contributed by atoms with van der Waals surface area (Å²) in [6, 6.07) is 8.17. The molecule has 0 unspecified atom stereocenters. The Bertz CT molecular complexity index is 603. The zero-order chi connectivity index (χ0) is 16.1. The van der Waals surface area contributed by atoms with Gasteiger partial charge in [-0.25, -0.2) is 0 Å². The Balaban J connectivity index is 1.53. The zero-order valence-corrected chi connectivity index (χ0v) is 13.9. The largest absolute Gasteiger partial charge is 0.383 e. The standard InChI is InChI=1S/C17H24N4O2/c1-14-3-5-15(6-4-14)17-18-16(23-19-17)13-21-9-7-20(8-10-21)11-12-22-2/h3-6H,7-13H2,1-2H3. The Morgan fingerprint density at radius 2 is 1.78 bits per heavy atom. The van der Waals surface area contributed by atoms with E-state index < -0.39 is 0 Å². The minimum atomic E-state index is 0.665. The van der Waals surface area contributed by atoms with E-state index in [2.05, 4.69) is 39.0 Å². The Labute approximate surface area is 137 Å². The molecule has 2 aromatic rings. The van der Waals surface area contributed by atoms with Crippen LogP contribution in [0.25, 0.3) is 11.4 Å². The molecule has 0 amide bonds. The fraction of sp³-hybridized carbons (Fsp3) is 0.529. The molecule has 6 nitrogen and oxygen atoms in total. The lowest BCUT2D eigenvalue weighted by atomic mass is 10.1. The van der Waals surface area contributed by atoms with Crippen molar-refractivity contribution < 1.29 is 9.26 Å². The summed E-state index contributed by atoms with van der Waals surface area (Å²) in [6.45, 7) is 8.74. The van der Waals surface area contributed by atoms with Crippen molar-refractivity contribution >= 4 is 0 Å². The van der Waals surface area contributed by atoms with E-state index in [9.17, 15) is 0 Å². The van der Waals surface area contributed by atoms with Gasteiger partial charge >= 0.3 is 0 Å². The van der Waals surface area contributed by atoms with E-state index in [4.69, 9.17) is 9.26 Å². The predicted octanol–water partition coefficient (Wildman–Crippen LogP) is 1.81. The number of methoxy groups -OCH3 is 1. The quantitative estimate of drug-likeness (QED) is 0.810. The molecule has 1 fully saturated rings. The number of aromatic nitrogens is 2. The van der Waals surface area contributed by atoms with Crippen molar-refractivity contribution in [2.75, 3.05) is 46.4 Å². The molecular formula is C17H24N4O2. The van der Waals surface area contributed by atoms with Gasteiger partial charge in [0.15, 0.2) is 0 Å². The van der Waals surface area contributed by atoms with Crippen LogP contribution in [0.2, 0.25) is 0 Å². The topological polar surface area (TPSA) is 54.6 Å². The molecule has 1 aromatic heterocycles. The van der Waals surface area contributed by atoms with Crippen molar-refractivity contribution in [2.24, 2.45) is 0 Å². The van der Waals surface area contributed by atoms with Crippen LogP contribution in [0, 0.1) is 6.92 Å². The number of hydrogen-bond acceptors (Lipinski definition) is 6. The molecule has 0 bridgehead atoms. The van der Waals surface area contributed by atoms with Gasteiger partial charge in [0.05, 0.1) is 13.2 Å². The van der Waals surface area contributed by atoms with E-state index in [0.717, 1.165) is 51.4 Å². The second-order valence-electron chi connectivity index (χ2n) is 5.99. The Kier molecular flexibility index (Phi) is 5.38. The van der Waals surface area contributed by atoms with Crippen LogP contribution in [0.3, 0.4) is 0 Å². The minimum absolute atomic E-state index is 0.665. The summed E-state index contributed by atoms with van der Waals surface area (Å²) in [4.78, 5) is 9.30. The first-order valence-corrected chi connectivity index (χ1v) is 8.08. The number of aryl methyl sites for hydroxylation is 1. The fourth-order valence-electron chi connectivity index (χ4n) is 2.72. The molecule has 0 radical (unpaired) electrons. The molecule has 1 aliphatic rings. The van der Waals surface area contributed by atoms with E-state index >= 15 is 0 Å². The molecule has 1 saturated heterocycles. The summed E-state index contributed by atoms with van der Waals surface area (Å²) in [5.74, 6) is 1.35. The average molecular weight is 316 g/mol. The average Bonchev–Trinajstić information content (AvgIpc) is 3.03. The summed E-state index contributed by atoms with van der Waals surface area (Å²) in [7, 11) is 1.75. The number of hydrogen-bond donors (Lipinski definition) is 0. The number of piperazine rings is 1. The first-order chi connectivity index (χ1) is 11.2. The van der Waals surface area contributed by atoms with Crippen molar-refractivity contribution in [1.82, 2.24) is 19.9 Å². The van der Waals surface area contributed by atoms with Crippen molar-refractivity contribution in [3.63, 3.8) is 0 Å². The third-order valence-corrected chi connectivity index (χ3v) is 4.21. The molecule has 2 heterocycles. The summed E-state index contributed by atoms with van der Waals surface area (Å²) in [5, 5.41) is 4.10. The Morgan fingerprint density at radius 3 is 2.48 bits per heavy atom. The zero-order valence-electron chi connectivity index (χ0n) is 13.9. The highest BCUT2D eigenvalue weighted by Crippen LogP contribution is 2.17. The SMILES string of the molecule is COCCN1CCN(Cc2nc(-c3ccc(C)cc3)no2)CC1. The molecule has 3 rings (SSSR count). The highest BCUT2D eigenvalue weighted by atomic mass is 16.5. The van der Waals surface area contributed by atoms with Crippen LogP contribution >= 0.6 is 0 Å². The molecule has 6 heteroatoms. The number of nitrogens with zero attached hydrogens (tertiary/aromatic N) is 4. The number of ether oxygens (including phenoxy) is 1. The summed E-state index contributed by atoms with van der Waals surface area (Å²) < 4.78 is 10.5. The van der Waals surface area contributed by atoms with Gasteiger partial charge in [-0.3, -0.25) is 9.80 Å². The monoisotopic (exact) mass is 316 g/mol. The van der Waals surface area contributed by atoms with Gasteiger partial charge in [0.1, 0.15) is 0 Å². The molecule has 0 saturated carbocycles. The normalized spacial score (nSPS) is 16.8. The summed E-state index contributed by atoms with van der Waals surface area (Å²) in [5.41, 5.74) is 2.22. The maximum absolute atomic E-state index is 5.41. The van der Waals surface area contributed by atoms with Crippen LogP contribution in [0.1, 0.15) is 11.5 Å². The first kappa shape index (κ1) is 16.1. The van der Waals surface area contributed by atoms with Gasteiger partial charge in [-0.05, 0) is 6.92 Å². The third kappa shape index (κ3) is 4.37. The highest BCUT2D eigenvalue weighted by Gasteiger charge is 2.19. The lowest BCUT2D eigenvalue weighted by molar-refractivity contribution is 0.0883. The number of rotatable bonds is 6. The second kappa shape index (κ2) is 7.68. The molecule has 0 spiro atoms. The van der Waals surface area contributed by atoms with Crippen LogP contribution < -0.4 is 0 Å². The van der Waals surface area contributed by atoms with Crippen molar-refractivity contribution in [3.8, 4) is 11.4 Å². The van der Waals surface area contributed by atoms with Crippen LogP contribution in [0.5, 0.6) is 0 Å². The lowest BCUT2D eigenvalue weighted by Crippen LogP contribution is -2.46. The second-order valence-corrected chi connectivity index (χ2v) is 5.99. The van der Waals surface area contributed by atoms with E-state index in [1.54, 1.807) is 7.11 Å². The van der Waals surface area contributed by atoms with Crippen molar-refractivity contribution in [2.45, 2.75) is 13.5 Å². The molecule has 124 valence electrons. The predicted molar refractivity (Wildman–Crippen MR) is 88.1 cm³/mol. The van der Waals surface area contributed by atoms with Crippen molar-refractivity contribution in [1.29, 1.82) is 0 Å².